The molecule has 3 fully saturated rings. The fourth-order valence-corrected chi connectivity index (χ4v) is 7.48. The van der Waals surface area contributed by atoms with Crippen LogP contribution in [0.25, 0.3) is 0 Å². The van der Waals surface area contributed by atoms with E-state index >= 15 is 0 Å². The zero-order valence-corrected chi connectivity index (χ0v) is 22.5. The molecule has 0 spiro atoms. The molecule has 0 aromatic rings. The average Bonchev–Trinajstić information content (AvgIpc) is 2.87. The number of unbranched alkanes of at least 4 members (excludes halogenated alkanes) is 6. The van der Waals surface area contributed by atoms with Gasteiger partial charge in [-0.2, -0.15) is 0 Å². The van der Waals surface area contributed by atoms with Crippen molar-refractivity contribution in [2.45, 2.75) is 148 Å². The quantitative estimate of drug-likeness (QED) is 0.181. The van der Waals surface area contributed by atoms with Gasteiger partial charge >= 0.3 is 0 Å². The SMILES string of the molecule is C=C[C@H]1CC[C@H](/C=C/CCC2CCC([C@H]3CC[C@H](CCCCCCCCC)CC3)CC2)CC1. The summed E-state index contributed by atoms with van der Waals surface area (Å²) in [4.78, 5) is 0. The third-order valence-corrected chi connectivity index (χ3v) is 9.97. The maximum absolute atomic E-state index is 3.98. The first-order valence-corrected chi connectivity index (χ1v) is 15.6. The Kier molecular flexibility index (Phi) is 13.3. The van der Waals surface area contributed by atoms with E-state index in [1.807, 2.05) is 0 Å². The molecule has 3 aliphatic rings. The molecule has 3 aliphatic carbocycles. The molecule has 190 valence electrons. The third kappa shape index (κ3) is 10.3. The first-order chi connectivity index (χ1) is 16.3. The minimum atomic E-state index is 0.796. The Balaban J connectivity index is 1.19. The molecule has 0 heterocycles. The highest BCUT2D eigenvalue weighted by Gasteiger charge is 2.30. The standard InChI is InChI=1S/C33H58/c1-3-5-6-7-8-9-10-13-30-20-24-32(25-21-30)33-26-22-31(23-27-33)15-12-11-14-29-18-16-28(4-2)17-19-29/h4,11,14,28-33H,2-3,5-10,12-13,15-27H2,1H3/b14-11+/t28-,29-,30-,31?,32-,33?. The van der Waals surface area contributed by atoms with Crippen molar-refractivity contribution in [1.29, 1.82) is 0 Å². The Morgan fingerprint density at radius 3 is 1.67 bits per heavy atom. The van der Waals surface area contributed by atoms with Crippen LogP contribution >= 0.6 is 0 Å². The van der Waals surface area contributed by atoms with Crippen molar-refractivity contribution in [3.05, 3.63) is 24.8 Å². The van der Waals surface area contributed by atoms with Gasteiger partial charge in [0.1, 0.15) is 0 Å². The number of allylic oxidation sites excluding steroid dienone is 3. The van der Waals surface area contributed by atoms with Crippen LogP contribution in [-0.4, -0.2) is 0 Å². The van der Waals surface area contributed by atoms with Crippen molar-refractivity contribution in [1.82, 2.24) is 0 Å². The van der Waals surface area contributed by atoms with E-state index in [9.17, 15) is 0 Å². The lowest BCUT2D eigenvalue weighted by Crippen LogP contribution is -2.25. The summed E-state index contributed by atoms with van der Waals surface area (Å²) in [6.07, 6.45) is 39.8. The first kappa shape index (κ1) is 27.1. The van der Waals surface area contributed by atoms with Gasteiger partial charge in [0.25, 0.3) is 0 Å². The summed E-state index contributed by atoms with van der Waals surface area (Å²) in [6, 6.07) is 0. The van der Waals surface area contributed by atoms with E-state index in [2.05, 4.69) is 31.7 Å². The normalized spacial score (nSPS) is 33.4. The molecular weight excluding hydrogens is 396 g/mol. The number of hydrogen-bond acceptors (Lipinski definition) is 0. The van der Waals surface area contributed by atoms with Crippen molar-refractivity contribution in [3.8, 4) is 0 Å². The number of hydrogen-bond donors (Lipinski definition) is 0. The molecule has 0 amide bonds. The first-order valence-electron chi connectivity index (χ1n) is 15.6. The second-order valence-electron chi connectivity index (χ2n) is 12.4. The fraction of sp³-hybridized carbons (Fsp3) is 0.879. The molecule has 0 heteroatoms. The van der Waals surface area contributed by atoms with Gasteiger partial charge in [-0.1, -0.05) is 102 Å². The molecule has 0 aromatic carbocycles. The van der Waals surface area contributed by atoms with Crippen molar-refractivity contribution in [3.63, 3.8) is 0 Å². The molecular formula is C33H58. The van der Waals surface area contributed by atoms with E-state index in [4.69, 9.17) is 0 Å². The summed E-state index contributed by atoms with van der Waals surface area (Å²) in [7, 11) is 0. The maximum Gasteiger partial charge on any atom is -0.0233 e. The highest BCUT2D eigenvalue weighted by molar-refractivity contribution is 4.94. The predicted octanol–water partition coefficient (Wildman–Crippen LogP) is 11.1. The van der Waals surface area contributed by atoms with Crippen LogP contribution in [0.4, 0.5) is 0 Å². The lowest BCUT2D eigenvalue weighted by Gasteiger charge is -2.38. The summed E-state index contributed by atoms with van der Waals surface area (Å²) in [5.74, 6) is 5.92. The zero-order valence-electron chi connectivity index (χ0n) is 22.5. The van der Waals surface area contributed by atoms with E-state index < -0.39 is 0 Å². The summed E-state index contributed by atoms with van der Waals surface area (Å²) >= 11 is 0. The Labute approximate surface area is 208 Å². The molecule has 0 nitrogen and oxygen atoms in total. The van der Waals surface area contributed by atoms with E-state index in [0.717, 1.165) is 35.5 Å². The molecule has 0 saturated heterocycles. The van der Waals surface area contributed by atoms with Gasteiger partial charge in [-0.15, -0.1) is 6.58 Å². The lowest BCUT2D eigenvalue weighted by atomic mass is 9.68. The van der Waals surface area contributed by atoms with Gasteiger partial charge in [0, 0.05) is 0 Å². The predicted molar refractivity (Wildman–Crippen MR) is 148 cm³/mol. The average molecular weight is 455 g/mol. The molecule has 0 aliphatic heterocycles. The molecule has 3 saturated carbocycles. The lowest BCUT2D eigenvalue weighted by molar-refractivity contribution is 0.140. The fourth-order valence-electron chi connectivity index (χ4n) is 7.48. The van der Waals surface area contributed by atoms with Crippen LogP contribution in [0.2, 0.25) is 0 Å². The van der Waals surface area contributed by atoms with Crippen LogP contribution in [0.1, 0.15) is 148 Å². The van der Waals surface area contributed by atoms with E-state index in [1.165, 1.54) is 103 Å². The zero-order chi connectivity index (χ0) is 23.1. The van der Waals surface area contributed by atoms with E-state index in [1.54, 1.807) is 38.5 Å². The third-order valence-electron chi connectivity index (χ3n) is 9.97. The van der Waals surface area contributed by atoms with Gasteiger partial charge in [0.15, 0.2) is 0 Å². The molecule has 3 rings (SSSR count). The molecule has 0 aromatic heterocycles. The van der Waals surface area contributed by atoms with Crippen LogP contribution < -0.4 is 0 Å². The van der Waals surface area contributed by atoms with E-state index in [-0.39, 0.29) is 0 Å². The van der Waals surface area contributed by atoms with Gasteiger partial charge in [-0.05, 0) is 99.7 Å². The van der Waals surface area contributed by atoms with Crippen LogP contribution in [0.5, 0.6) is 0 Å². The monoisotopic (exact) mass is 454 g/mol. The molecule has 33 heavy (non-hydrogen) atoms. The smallest absolute Gasteiger partial charge is 0.0233 e. The van der Waals surface area contributed by atoms with Crippen molar-refractivity contribution >= 4 is 0 Å². The van der Waals surface area contributed by atoms with E-state index in [0.29, 0.717) is 0 Å². The second kappa shape index (κ2) is 16.2. The second-order valence-corrected chi connectivity index (χ2v) is 12.4. The molecule has 0 bridgehead atoms. The highest BCUT2D eigenvalue weighted by Crippen LogP contribution is 2.43. The number of rotatable bonds is 14. The van der Waals surface area contributed by atoms with Crippen molar-refractivity contribution < 1.29 is 0 Å². The Bertz CT molecular complexity index is 506. The summed E-state index contributed by atoms with van der Waals surface area (Å²) in [6.45, 7) is 6.30. The largest absolute Gasteiger partial charge is 0.103 e. The molecule has 0 N–H and O–H groups in total. The molecule has 0 radical (unpaired) electrons. The Morgan fingerprint density at radius 2 is 1.09 bits per heavy atom. The molecule has 0 unspecified atom stereocenters. The Hall–Kier alpha value is -0.520. The maximum atomic E-state index is 3.98. The highest BCUT2D eigenvalue weighted by atomic mass is 14.4. The summed E-state index contributed by atoms with van der Waals surface area (Å²) in [5.41, 5.74) is 0. The van der Waals surface area contributed by atoms with Crippen LogP contribution in [0.3, 0.4) is 0 Å². The minimum absolute atomic E-state index is 0.796. The van der Waals surface area contributed by atoms with Crippen LogP contribution in [0.15, 0.2) is 24.8 Å². The summed E-state index contributed by atoms with van der Waals surface area (Å²) < 4.78 is 0. The topological polar surface area (TPSA) is 0 Å². The van der Waals surface area contributed by atoms with Gasteiger partial charge in [0.2, 0.25) is 0 Å². The van der Waals surface area contributed by atoms with Crippen molar-refractivity contribution in [2.24, 2.45) is 35.5 Å². The van der Waals surface area contributed by atoms with Gasteiger partial charge in [-0.25, -0.2) is 0 Å². The van der Waals surface area contributed by atoms with Gasteiger partial charge in [0.05, 0.1) is 0 Å². The van der Waals surface area contributed by atoms with Crippen LogP contribution in [-0.2, 0) is 0 Å². The molecule has 0 atom stereocenters. The summed E-state index contributed by atoms with van der Waals surface area (Å²) in [5, 5.41) is 0. The Morgan fingerprint density at radius 1 is 0.576 bits per heavy atom. The van der Waals surface area contributed by atoms with Crippen molar-refractivity contribution in [2.75, 3.05) is 0 Å². The minimum Gasteiger partial charge on any atom is -0.103 e. The van der Waals surface area contributed by atoms with Gasteiger partial charge < -0.3 is 0 Å². The van der Waals surface area contributed by atoms with Crippen LogP contribution in [0, 0.1) is 35.5 Å². The van der Waals surface area contributed by atoms with Gasteiger partial charge in [-0.3, -0.25) is 0 Å².